The smallest absolute Gasteiger partial charge is 0.0868 e. The van der Waals surface area contributed by atoms with Gasteiger partial charge in [0.1, 0.15) is 0 Å². The number of rotatable bonds is 3. The molecule has 3 heteroatoms. The van der Waals surface area contributed by atoms with Crippen LogP contribution in [0.3, 0.4) is 0 Å². The predicted octanol–water partition coefficient (Wildman–Crippen LogP) is 1.85. The van der Waals surface area contributed by atoms with Crippen LogP contribution in [0.2, 0.25) is 0 Å². The highest BCUT2D eigenvalue weighted by molar-refractivity contribution is 4.77. The van der Waals surface area contributed by atoms with Gasteiger partial charge in [0.2, 0.25) is 0 Å². The molecule has 0 bridgehead atoms. The summed E-state index contributed by atoms with van der Waals surface area (Å²) in [6.07, 6.45) is 7.27. The zero-order chi connectivity index (χ0) is 9.80. The Bertz CT molecular complexity index is 167. The molecule has 82 valence electrons. The molecule has 2 saturated heterocycles. The van der Waals surface area contributed by atoms with Crippen molar-refractivity contribution in [2.75, 3.05) is 26.2 Å². The summed E-state index contributed by atoms with van der Waals surface area (Å²) in [4.78, 5) is 8.29. The molecule has 0 aromatic carbocycles. The first-order chi connectivity index (χ1) is 6.92. The molecule has 14 heavy (non-hydrogen) atoms. The molecule has 0 aromatic heterocycles. The fourth-order valence-electron chi connectivity index (χ4n) is 2.61. The molecule has 3 nitrogen and oxygen atoms in total. The molecule has 2 fully saturated rings. The van der Waals surface area contributed by atoms with Gasteiger partial charge < -0.3 is 0 Å². The van der Waals surface area contributed by atoms with E-state index in [9.17, 15) is 0 Å². The fraction of sp³-hybridized carbons (Fsp3) is 1.00. The molecule has 2 aliphatic rings. The van der Waals surface area contributed by atoms with Gasteiger partial charge in [0.15, 0.2) is 0 Å². The number of hydrogen-bond donors (Lipinski definition) is 0. The summed E-state index contributed by atoms with van der Waals surface area (Å²) in [5.41, 5.74) is 0. The molecular formula is C11H22N2O. The standard InChI is InChI=1S/C11H22N2O/c1-2-14-13-10-4-3-7-11(13)12-8-5-6-9-12/h11H,2-10H2,1H3. The maximum absolute atomic E-state index is 5.70. The fourth-order valence-corrected chi connectivity index (χ4v) is 2.61. The zero-order valence-corrected chi connectivity index (χ0v) is 9.24. The minimum absolute atomic E-state index is 0.575. The van der Waals surface area contributed by atoms with Gasteiger partial charge in [-0.1, -0.05) is 0 Å². The van der Waals surface area contributed by atoms with Crippen molar-refractivity contribution in [1.82, 2.24) is 9.96 Å². The lowest BCUT2D eigenvalue weighted by atomic mass is 10.1. The van der Waals surface area contributed by atoms with Crippen molar-refractivity contribution in [3.63, 3.8) is 0 Å². The van der Waals surface area contributed by atoms with E-state index in [2.05, 4.69) is 16.9 Å². The monoisotopic (exact) mass is 198 g/mol. The van der Waals surface area contributed by atoms with E-state index >= 15 is 0 Å². The minimum Gasteiger partial charge on any atom is -0.298 e. The van der Waals surface area contributed by atoms with Crippen LogP contribution in [0.5, 0.6) is 0 Å². The third-order valence-corrected chi connectivity index (χ3v) is 3.28. The third-order valence-electron chi connectivity index (χ3n) is 3.28. The van der Waals surface area contributed by atoms with Gasteiger partial charge in [-0.15, -0.1) is 0 Å². The molecule has 0 saturated carbocycles. The van der Waals surface area contributed by atoms with E-state index in [4.69, 9.17) is 4.84 Å². The summed E-state index contributed by atoms with van der Waals surface area (Å²) >= 11 is 0. The van der Waals surface area contributed by atoms with Crippen LogP contribution in [0.1, 0.15) is 39.0 Å². The maximum Gasteiger partial charge on any atom is 0.0868 e. The first-order valence-electron chi connectivity index (χ1n) is 6.05. The summed E-state index contributed by atoms with van der Waals surface area (Å²) in [5, 5.41) is 2.22. The van der Waals surface area contributed by atoms with Crippen LogP contribution >= 0.6 is 0 Å². The summed E-state index contributed by atoms with van der Waals surface area (Å²) in [6.45, 7) is 6.55. The Morgan fingerprint density at radius 3 is 2.50 bits per heavy atom. The molecule has 0 aromatic rings. The first kappa shape index (κ1) is 10.4. The summed E-state index contributed by atoms with van der Waals surface area (Å²) in [6, 6.07) is 0. The van der Waals surface area contributed by atoms with E-state index in [1.54, 1.807) is 0 Å². The van der Waals surface area contributed by atoms with Crippen molar-refractivity contribution < 1.29 is 4.84 Å². The Kier molecular flexibility index (Phi) is 3.79. The molecule has 0 radical (unpaired) electrons. The largest absolute Gasteiger partial charge is 0.298 e. The molecule has 0 spiro atoms. The Labute approximate surface area is 87.0 Å². The molecule has 1 unspecified atom stereocenters. The van der Waals surface area contributed by atoms with Crippen molar-refractivity contribution in [2.45, 2.75) is 45.2 Å². The highest BCUT2D eigenvalue weighted by Gasteiger charge is 2.29. The third kappa shape index (κ3) is 2.27. The molecule has 2 heterocycles. The van der Waals surface area contributed by atoms with E-state index < -0.39 is 0 Å². The maximum atomic E-state index is 5.70. The highest BCUT2D eigenvalue weighted by Crippen LogP contribution is 2.23. The van der Waals surface area contributed by atoms with Gasteiger partial charge in [-0.05, 0) is 52.1 Å². The van der Waals surface area contributed by atoms with Crippen molar-refractivity contribution in [3.05, 3.63) is 0 Å². The Morgan fingerprint density at radius 1 is 1.07 bits per heavy atom. The van der Waals surface area contributed by atoms with Crippen LogP contribution in [0, 0.1) is 0 Å². The molecule has 0 N–H and O–H groups in total. The average Bonchev–Trinajstić information content (AvgIpc) is 2.72. The van der Waals surface area contributed by atoms with Gasteiger partial charge in [-0.25, -0.2) is 0 Å². The lowest BCUT2D eigenvalue weighted by molar-refractivity contribution is -0.225. The van der Waals surface area contributed by atoms with Crippen molar-refractivity contribution >= 4 is 0 Å². The van der Waals surface area contributed by atoms with Crippen LogP contribution in [0.4, 0.5) is 0 Å². The lowest BCUT2D eigenvalue weighted by Gasteiger charge is -2.39. The van der Waals surface area contributed by atoms with Gasteiger partial charge in [0.05, 0.1) is 12.8 Å². The van der Waals surface area contributed by atoms with E-state index in [-0.39, 0.29) is 0 Å². The van der Waals surface area contributed by atoms with E-state index in [0.29, 0.717) is 6.17 Å². The molecule has 0 amide bonds. The van der Waals surface area contributed by atoms with Crippen molar-refractivity contribution in [3.8, 4) is 0 Å². The number of piperidine rings is 1. The molecular weight excluding hydrogens is 176 g/mol. The number of nitrogens with zero attached hydrogens (tertiary/aromatic N) is 2. The normalized spacial score (nSPS) is 31.1. The van der Waals surface area contributed by atoms with Gasteiger partial charge in [0.25, 0.3) is 0 Å². The Morgan fingerprint density at radius 2 is 1.79 bits per heavy atom. The SMILES string of the molecule is CCON1CCCCC1N1CCCC1. The summed E-state index contributed by atoms with van der Waals surface area (Å²) in [5.74, 6) is 0. The number of hydrogen-bond acceptors (Lipinski definition) is 3. The van der Waals surface area contributed by atoms with E-state index in [1.807, 2.05) is 0 Å². The average molecular weight is 198 g/mol. The second-order valence-electron chi connectivity index (χ2n) is 4.28. The predicted molar refractivity (Wildman–Crippen MR) is 56.8 cm³/mol. The van der Waals surface area contributed by atoms with Crippen molar-refractivity contribution in [2.24, 2.45) is 0 Å². The number of likely N-dealkylation sites (tertiary alicyclic amines) is 1. The van der Waals surface area contributed by atoms with Crippen LogP contribution in [-0.4, -0.2) is 42.4 Å². The zero-order valence-electron chi connectivity index (χ0n) is 9.24. The van der Waals surface area contributed by atoms with Gasteiger partial charge in [-0.3, -0.25) is 9.74 Å². The lowest BCUT2D eigenvalue weighted by Crippen LogP contribution is -2.49. The second kappa shape index (κ2) is 5.10. The quantitative estimate of drug-likeness (QED) is 0.688. The summed E-state index contributed by atoms with van der Waals surface area (Å²) < 4.78 is 0. The van der Waals surface area contributed by atoms with Crippen LogP contribution in [-0.2, 0) is 4.84 Å². The van der Waals surface area contributed by atoms with Crippen molar-refractivity contribution in [1.29, 1.82) is 0 Å². The van der Waals surface area contributed by atoms with E-state index in [0.717, 1.165) is 13.2 Å². The topological polar surface area (TPSA) is 15.7 Å². The van der Waals surface area contributed by atoms with Crippen LogP contribution in [0.25, 0.3) is 0 Å². The van der Waals surface area contributed by atoms with E-state index in [1.165, 1.54) is 45.2 Å². The molecule has 1 atom stereocenters. The highest BCUT2D eigenvalue weighted by atomic mass is 16.7. The minimum atomic E-state index is 0.575. The van der Waals surface area contributed by atoms with Gasteiger partial charge >= 0.3 is 0 Å². The Balaban J connectivity index is 1.91. The number of hydroxylamine groups is 2. The Hall–Kier alpha value is -0.120. The van der Waals surface area contributed by atoms with Crippen LogP contribution < -0.4 is 0 Å². The van der Waals surface area contributed by atoms with Gasteiger partial charge in [-0.2, -0.15) is 5.06 Å². The molecule has 2 aliphatic heterocycles. The summed E-state index contributed by atoms with van der Waals surface area (Å²) in [7, 11) is 0. The first-order valence-corrected chi connectivity index (χ1v) is 6.05. The van der Waals surface area contributed by atoms with Gasteiger partial charge in [0, 0.05) is 6.54 Å². The van der Waals surface area contributed by atoms with Crippen LogP contribution in [0.15, 0.2) is 0 Å². The molecule has 0 aliphatic carbocycles. The second-order valence-corrected chi connectivity index (χ2v) is 4.28. The molecule has 2 rings (SSSR count).